The summed E-state index contributed by atoms with van der Waals surface area (Å²) >= 11 is 0. The summed E-state index contributed by atoms with van der Waals surface area (Å²) in [5.74, 6) is 1.75. The predicted molar refractivity (Wildman–Crippen MR) is 145 cm³/mol. The maximum Gasteiger partial charge on any atom is 0.251 e. The van der Waals surface area contributed by atoms with Gasteiger partial charge in [-0.05, 0) is 30.2 Å². The van der Waals surface area contributed by atoms with Crippen LogP contribution >= 0.6 is 0 Å². The van der Waals surface area contributed by atoms with Crippen molar-refractivity contribution in [2.45, 2.75) is 19.8 Å². The Morgan fingerprint density at radius 2 is 1.95 bits per heavy atom. The molecule has 4 heterocycles. The van der Waals surface area contributed by atoms with Gasteiger partial charge in [-0.15, -0.1) is 0 Å². The van der Waals surface area contributed by atoms with Crippen molar-refractivity contribution in [1.82, 2.24) is 25.3 Å². The van der Waals surface area contributed by atoms with Crippen LogP contribution in [0, 0.1) is 6.92 Å². The van der Waals surface area contributed by atoms with Gasteiger partial charge in [0.1, 0.15) is 18.0 Å². The van der Waals surface area contributed by atoms with Gasteiger partial charge >= 0.3 is 0 Å². The number of para-hydroxylation sites is 1. The first-order valence-electron chi connectivity index (χ1n) is 12.5. The second-order valence-corrected chi connectivity index (χ2v) is 9.22. The number of nitrogens with one attached hydrogen (secondary N) is 2. The number of nitrogens with zero attached hydrogens (tertiary/aromatic N) is 5. The average molecular weight is 498 g/mol. The molecule has 0 radical (unpaired) electrons. The van der Waals surface area contributed by atoms with E-state index in [1.54, 1.807) is 25.6 Å². The molecule has 3 aromatic heterocycles. The Bertz CT molecular complexity index is 1420. The monoisotopic (exact) mass is 497 g/mol. The van der Waals surface area contributed by atoms with Gasteiger partial charge in [-0.2, -0.15) is 0 Å². The quantitative estimate of drug-likeness (QED) is 0.397. The van der Waals surface area contributed by atoms with E-state index in [-0.39, 0.29) is 11.8 Å². The zero-order valence-corrected chi connectivity index (χ0v) is 21.4. The molecule has 0 spiro atoms. The van der Waals surface area contributed by atoms with E-state index in [4.69, 9.17) is 9.72 Å². The van der Waals surface area contributed by atoms with E-state index in [0.717, 1.165) is 71.2 Å². The molecule has 190 valence electrons. The molecule has 0 unspecified atom stereocenters. The lowest BCUT2D eigenvalue weighted by atomic mass is 9.96. The molecule has 9 nitrogen and oxygen atoms in total. The molecular formula is C28H31N7O2. The number of aryl methyl sites for hydroxylation is 1. The highest BCUT2D eigenvalue weighted by Gasteiger charge is 2.17. The van der Waals surface area contributed by atoms with Crippen molar-refractivity contribution < 1.29 is 9.53 Å². The molecule has 1 aliphatic rings. The third kappa shape index (κ3) is 5.22. The number of rotatable bonds is 7. The fourth-order valence-corrected chi connectivity index (χ4v) is 4.72. The number of ether oxygens (including phenoxy) is 1. The summed E-state index contributed by atoms with van der Waals surface area (Å²) < 4.78 is 5.46. The molecule has 1 amide bonds. The molecule has 1 fully saturated rings. The Balaban J connectivity index is 1.32. The van der Waals surface area contributed by atoms with Crippen molar-refractivity contribution in [3.05, 3.63) is 71.8 Å². The lowest BCUT2D eigenvalue weighted by Crippen LogP contribution is -2.37. The van der Waals surface area contributed by atoms with Gasteiger partial charge in [-0.3, -0.25) is 9.78 Å². The smallest absolute Gasteiger partial charge is 0.251 e. The van der Waals surface area contributed by atoms with Gasteiger partial charge in [0.25, 0.3) is 5.91 Å². The minimum atomic E-state index is -0.119. The van der Waals surface area contributed by atoms with Crippen LogP contribution in [0.15, 0.2) is 55.1 Å². The summed E-state index contributed by atoms with van der Waals surface area (Å²) in [5.41, 5.74) is 5.41. The van der Waals surface area contributed by atoms with Crippen molar-refractivity contribution in [3.8, 4) is 11.3 Å². The Kier molecular flexibility index (Phi) is 7.23. The summed E-state index contributed by atoms with van der Waals surface area (Å²) in [6.07, 6.45) is 5.13. The molecule has 4 aromatic rings. The second-order valence-electron chi connectivity index (χ2n) is 9.22. The van der Waals surface area contributed by atoms with Gasteiger partial charge < -0.3 is 20.3 Å². The lowest BCUT2D eigenvalue weighted by Gasteiger charge is -2.29. The standard InChI is InChI=1S/C28H31N7O2/c1-18-13-20(16-32-27(18)35-9-11-37-12-10-35)24-14-25(34-17-33-24)31-15-19(2)21-5-4-6-22-23(28(36)29-3)7-8-30-26(21)22/h4-8,13-14,16-17,19H,9-12,15H2,1-3H3,(H,29,36)(H,31,33,34)/t19-/m1/s1. The van der Waals surface area contributed by atoms with E-state index >= 15 is 0 Å². The molecule has 9 heteroatoms. The Hall–Kier alpha value is -4.11. The summed E-state index contributed by atoms with van der Waals surface area (Å²) in [6.45, 7) is 8.03. The largest absolute Gasteiger partial charge is 0.378 e. The topological polar surface area (TPSA) is 105 Å². The minimum absolute atomic E-state index is 0.119. The first-order chi connectivity index (χ1) is 18.0. The van der Waals surface area contributed by atoms with Crippen LogP contribution in [0.5, 0.6) is 0 Å². The number of carbonyl (C=O) groups is 1. The molecule has 1 atom stereocenters. The summed E-state index contributed by atoms with van der Waals surface area (Å²) in [6, 6.07) is 11.8. The first-order valence-corrected chi connectivity index (χ1v) is 12.5. The minimum Gasteiger partial charge on any atom is -0.378 e. The fourth-order valence-electron chi connectivity index (χ4n) is 4.72. The third-order valence-electron chi connectivity index (χ3n) is 6.72. The van der Waals surface area contributed by atoms with E-state index in [1.807, 2.05) is 24.4 Å². The molecule has 0 aliphatic carbocycles. The highest BCUT2D eigenvalue weighted by atomic mass is 16.5. The van der Waals surface area contributed by atoms with Crippen LogP contribution < -0.4 is 15.5 Å². The Morgan fingerprint density at radius 1 is 1.11 bits per heavy atom. The highest BCUT2D eigenvalue weighted by molar-refractivity contribution is 6.06. The van der Waals surface area contributed by atoms with Gasteiger partial charge in [0.2, 0.25) is 0 Å². The van der Waals surface area contributed by atoms with Crippen LogP contribution in [0.2, 0.25) is 0 Å². The van der Waals surface area contributed by atoms with Crippen LogP contribution in [0.25, 0.3) is 22.2 Å². The molecule has 37 heavy (non-hydrogen) atoms. The lowest BCUT2D eigenvalue weighted by molar-refractivity contribution is 0.0964. The Morgan fingerprint density at radius 3 is 2.73 bits per heavy atom. The van der Waals surface area contributed by atoms with Crippen molar-refractivity contribution in [2.75, 3.05) is 50.1 Å². The zero-order valence-electron chi connectivity index (χ0n) is 21.4. The molecule has 1 saturated heterocycles. The fraction of sp³-hybridized carbons (Fsp3) is 0.321. The average Bonchev–Trinajstić information content (AvgIpc) is 2.95. The first kappa shape index (κ1) is 24.6. The number of fused-ring (bicyclic) bond motifs is 1. The van der Waals surface area contributed by atoms with Gasteiger partial charge in [0.15, 0.2) is 0 Å². The van der Waals surface area contributed by atoms with Crippen molar-refractivity contribution in [2.24, 2.45) is 0 Å². The number of amides is 1. The predicted octanol–water partition coefficient (Wildman–Crippen LogP) is 3.81. The van der Waals surface area contributed by atoms with E-state index in [2.05, 4.69) is 56.5 Å². The van der Waals surface area contributed by atoms with Crippen LogP contribution in [0.4, 0.5) is 11.6 Å². The van der Waals surface area contributed by atoms with E-state index < -0.39 is 0 Å². The molecular weight excluding hydrogens is 466 g/mol. The molecule has 0 bridgehead atoms. The Labute approximate surface area is 216 Å². The number of hydrogen-bond donors (Lipinski definition) is 2. The summed E-state index contributed by atoms with van der Waals surface area (Å²) in [4.78, 5) is 32.8. The maximum atomic E-state index is 12.3. The van der Waals surface area contributed by atoms with Gasteiger partial charge in [-0.25, -0.2) is 15.0 Å². The number of anilines is 2. The summed E-state index contributed by atoms with van der Waals surface area (Å²) in [7, 11) is 1.64. The molecule has 5 rings (SSSR count). The van der Waals surface area contributed by atoms with Crippen LogP contribution in [-0.4, -0.2) is 65.7 Å². The number of morpholine rings is 1. The van der Waals surface area contributed by atoms with Gasteiger partial charge in [-0.1, -0.05) is 25.1 Å². The number of hydrogen-bond acceptors (Lipinski definition) is 8. The number of benzene rings is 1. The van der Waals surface area contributed by atoms with Crippen molar-refractivity contribution >= 4 is 28.4 Å². The van der Waals surface area contributed by atoms with Gasteiger partial charge in [0.05, 0.1) is 30.0 Å². The molecule has 2 N–H and O–H groups in total. The molecule has 1 aromatic carbocycles. The SMILES string of the molecule is CNC(=O)c1ccnc2c([C@H](C)CNc3cc(-c4cnc(N5CCOCC5)c(C)c4)ncn3)cccc12. The second kappa shape index (κ2) is 10.9. The van der Waals surface area contributed by atoms with Crippen LogP contribution in [0.1, 0.15) is 34.3 Å². The van der Waals surface area contributed by atoms with E-state index in [1.165, 1.54) is 0 Å². The molecule has 0 saturated carbocycles. The zero-order chi connectivity index (χ0) is 25.8. The molecule has 1 aliphatic heterocycles. The normalized spacial score (nSPS) is 14.4. The van der Waals surface area contributed by atoms with E-state index in [0.29, 0.717) is 12.1 Å². The number of carbonyl (C=O) groups excluding carboxylic acids is 1. The number of aromatic nitrogens is 4. The van der Waals surface area contributed by atoms with Gasteiger partial charge in [0, 0.05) is 62.0 Å². The third-order valence-corrected chi connectivity index (χ3v) is 6.72. The van der Waals surface area contributed by atoms with Crippen molar-refractivity contribution in [1.29, 1.82) is 0 Å². The summed E-state index contributed by atoms with van der Waals surface area (Å²) in [5, 5.41) is 7.00. The number of pyridine rings is 2. The van der Waals surface area contributed by atoms with E-state index in [9.17, 15) is 4.79 Å². The van der Waals surface area contributed by atoms with Crippen LogP contribution in [0.3, 0.4) is 0 Å². The van der Waals surface area contributed by atoms with Crippen molar-refractivity contribution in [3.63, 3.8) is 0 Å². The highest BCUT2D eigenvalue weighted by Crippen LogP contribution is 2.28. The maximum absolute atomic E-state index is 12.3. The van der Waals surface area contributed by atoms with Crippen LogP contribution in [-0.2, 0) is 4.74 Å².